The van der Waals surface area contributed by atoms with E-state index in [0.717, 1.165) is 42.1 Å². The Balaban J connectivity index is 1.66. The Morgan fingerprint density at radius 3 is 2.45 bits per heavy atom. The van der Waals surface area contributed by atoms with Crippen LogP contribution in [0.15, 0.2) is 42.5 Å². The van der Waals surface area contributed by atoms with Crippen LogP contribution in [0.2, 0.25) is 0 Å². The number of ether oxygens (including phenoxy) is 4. The van der Waals surface area contributed by atoms with Gasteiger partial charge in [-0.1, -0.05) is 52.8 Å². The number of carboxylic acid groups (broad SMARTS) is 1. The fourth-order valence-electron chi connectivity index (χ4n) is 7.42. The van der Waals surface area contributed by atoms with E-state index in [1.165, 1.54) is 4.90 Å². The lowest BCUT2D eigenvalue weighted by atomic mass is 9.58. The SMILES string of the molecule is COCCCN1CCOc2ccc(CO[C@H]3CN(C(=O)O)[C@@](CC(C)(C)C(=O)NCCO[N+](=O)[O-])(C(C)(C)C)C[C@@H]3c3ccc(OC)cc3)cc21. The Labute approximate surface area is 300 Å². The van der Waals surface area contributed by atoms with Gasteiger partial charge in [-0.25, -0.2) is 4.79 Å². The third kappa shape index (κ3) is 9.53. The second-order valence-corrected chi connectivity index (χ2v) is 15.0. The molecule has 2 amide bonds. The normalized spacial score (nSPS) is 20.6. The number of rotatable bonds is 16. The van der Waals surface area contributed by atoms with Crippen molar-refractivity contribution < 1.29 is 43.6 Å². The summed E-state index contributed by atoms with van der Waals surface area (Å²) in [6, 6.07) is 13.8. The lowest BCUT2D eigenvalue weighted by Crippen LogP contribution is -2.67. The Morgan fingerprint density at radius 1 is 1.10 bits per heavy atom. The minimum Gasteiger partial charge on any atom is -0.497 e. The molecule has 14 heteroatoms. The van der Waals surface area contributed by atoms with E-state index in [2.05, 4.69) is 21.1 Å². The molecule has 2 aliphatic heterocycles. The number of nitrogens with zero attached hydrogens (tertiary/aromatic N) is 3. The highest BCUT2D eigenvalue weighted by molar-refractivity contribution is 5.82. The quantitative estimate of drug-likeness (QED) is 0.128. The molecule has 1 fully saturated rings. The van der Waals surface area contributed by atoms with Crippen LogP contribution in [0.5, 0.6) is 11.5 Å². The van der Waals surface area contributed by atoms with Crippen molar-refractivity contribution >= 4 is 17.7 Å². The van der Waals surface area contributed by atoms with E-state index in [4.69, 9.17) is 18.9 Å². The van der Waals surface area contributed by atoms with Crippen LogP contribution in [-0.2, 0) is 25.7 Å². The van der Waals surface area contributed by atoms with Crippen LogP contribution in [0.3, 0.4) is 0 Å². The average Bonchev–Trinajstić information content (AvgIpc) is 3.08. The average molecular weight is 715 g/mol. The highest BCUT2D eigenvalue weighted by atomic mass is 16.9. The van der Waals surface area contributed by atoms with Gasteiger partial charge in [-0.3, -0.25) is 9.69 Å². The van der Waals surface area contributed by atoms with Crippen molar-refractivity contribution in [3.8, 4) is 11.5 Å². The number of carbonyl (C=O) groups is 2. The molecule has 2 heterocycles. The smallest absolute Gasteiger partial charge is 0.407 e. The Morgan fingerprint density at radius 2 is 1.82 bits per heavy atom. The molecule has 0 unspecified atom stereocenters. The molecule has 1 saturated heterocycles. The molecule has 4 rings (SSSR count). The fourth-order valence-corrected chi connectivity index (χ4v) is 7.42. The molecule has 2 aromatic carbocycles. The highest BCUT2D eigenvalue weighted by Crippen LogP contribution is 2.53. The second kappa shape index (κ2) is 16.8. The molecular formula is C37H54N4O10. The van der Waals surface area contributed by atoms with E-state index in [-0.39, 0.29) is 44.5 Å². The number of carbonyl (C=O) groups excluding carboxylic acids is 1. The molecule has 3 atom stereocenters. The predicted molar refractivity (Wildman–Crippen MR) is 191 cm³/mol. The number of methoxy groups -OCH3 is 2. The molecule has 0 saturated carbocycles. The van der Waals surface area contributed by atoms with Crippen molar-refractivity contribution in [2.75, 3.05) is 65.1 Å². The minimum absolute atomic E-state index is 0.0570. The van der Waals surface area contributed by atoms with Crippen molar-refractivity contribution in [1.82, 2.24) is 10.2 Å². The summed E-state index contributed by atoms with van der Waals surface area (Å²) in [6.45, 7) is 12.4. The zero-order valence-electron chi connectivity index (χ0n) is 30.9. The number of likely N-dealkylation sites (tertiary alicyclic amines) is 1. The largest absolute Gasteiger partial charge is 0.497 e. The first-order valence-electron chi connectivity index (χ1n) is 17.4. The molecule has 282 valence electrons. The first-order chi connectivity index (χ1) is 24.1. The summed E-state index contributed by atoms with van der Waals surface area (Å²) in [7, 11) is 3.30. The molecule has 0 aromatic heterocycles. The van der Waals surface area contributed by atoms with Crippen molar-refractivity contribution in [1.29, 1.82) is 0 Å². The summed E-state index contributed by atoms with van der Waals surface area (Å²) in [5.74, 6) is 0.937. The second-order valence-electron chi connectivity index (χ2n) is 15.0. The van der Waals surface area contributed by atoms with E-state index in [1.807, 2.05) is 57.2 Å². The first-order valence-corrected chi connectivity index (χ1v) is 17.4. The third-order valence-electron chi connectivity index (χ3n) is 10.2. The molecule has 51 heavy (non-hydrogen) atoms. The molecule has 0 radical (unpaired) electrons. The van der Waals surface area contributed by atoms with Crippen molar-refractivity contribution in [3.63, 3.8) is 0 Å². The zero-order chi connectivity index (χ0) is 37.4. The van der Waals surface area contributed by atoms with Gasteiger partial charge in [0.1, 0.15) is 24.7 Å². The fraction of sp³-hybridized carbons (Fsp3) is 0.622. The molecule has 0 spiro atoms. The summed E-state index contributed by atoms with van der Waals surface area (Å²) in [5.41, 5.74) is 0.248. The van der Waals surface area contributed by atoms with Gasteiger partial charge in [0.05, 0.1) is 44.1 Å². The number of piperidine rings is 1. The van der Waals surface area contributed by atoms with E-state index < -0.39 is 33.7 Å². The van der Waals surface area contributed by atoms with Crippen LogP contribution >= 0.6 is 0 Å². The first kappa shape index (κ1) is 39.5. The highest BCUT2D eigenvalue weighted by Gasteiger charge is 2.57. The maximum absolute atomic E-state index is 13.5. The van der Waals surface area contributed by atoms with E-state index in [1.54, 1.807) is 28.1 Å². The van der Waals surface area contributed by atoms with Gasteiger partial charge >= 0.3 is 6.09 Å². The van der Waals surface area contributed by atoms with Gasteiger partial charge in [-0.05, 0) is 60.1 Å². The number of benzene rings is 2. The number of amides is 2. The van der Waals surface area contributed by atoms with Gasteiger partial charge in [0.25, 0.3) is 5.09 Å². The summed E-state index contributed by atoms with van der Waals surface area (Å²) in [6.07, 6.45) is -0.143. The Bertz CT molecular complexity index is 1500. The maximum atomic E-state index is 13.5. The maximum Gasteiger partial charge on any atom is 0.407 e. The molecule has 0 bridgehead atoms. The predicted octanol–water partition coefficient (Wildman–Crippen LogP) is 5.51. The standard InChI is InChI=1S/C37H54N4O10/c1-35(2,3)37(25-36(4,5)33(42)38-15-19-51-41(45)46)22-29(27-10-12-28(48-7)13-11-27)32(23-40(37)34(43)44)50-24-26-9-14-31-30(21-26)39(17-20-49-31)16-8-18-47-6/h9-14,21,29,32H,8,15-20,22-25H2,1-7H3,(H,38,42)(H,43,44)/t29-,32+,37+/m1/s1. The molecular weight excluding hydrogens is 660 g/mol. The number of hydrogen-bond acceptors (Lipinski definition) is 10. The Kier molecular flexibility index (Phi) is 13.0. The van der Waals surface area contributed by atoms with Gasteiger partial charge in [-0.15, -0.1) is 10.1 Å². The van der Waals surface area contributed by atoms with Crippen molar-refractivity contribution in [3.05, 3.63) is 63.7 Å². The van der Waals surface area contributed by atoms with Crippen LogP contribution in [0.25, 0.3) is 0 Å². The zero-order valence-corrected chi connectivity index (χ0v) is 30.9. The van der Waals surface area contributed by atoms with Crippen molar-refractivity contribution in [2.45, 2.75) is 78.0 Å². The molecule has 2 aliphatic rings. The van der Waals surface area contributed by atoms with Gasteiger partial charge in [0.2, 0.25) is 5.91 Å². The van der Waals surface area contributed by atoms with Crippen LogP contribution in [0, 0.1) is 20.9 Å². The molecule has 0 aliphatic carbocycles. The van der Waals surface area contributed by atoms with Crippen molar-refractivity contribution in [2.24, 2.45) is 10.8 Å². The minimum atomic E-state index is -1.10. The third-order valence-corrected chi connectivity index (χ3v) is 10.2. The van der Waals surface area contributed by atoms with Gasteiger partial charge < -0.3 is 39.1 Å². The van der Waals surface area contributed by atoms with Gasteiger partial charge in [0, 0.05) is 38.1 Å². The van der Waals surface area contributed by atoms with Crippen LogP contribution in [0.1, 0.15) is 70.9 Å². The number of fused-ring (bicyclic) bond motifs is 1. The van der Waals surface area contributed by atoms with Crippen LogP contribution in [0.4, 0.5) is 10.5 Å². The van der Waals surface area contributed by atoms with Crippen LogP contribution < -0.4 is 19.7 Å². The lowest BCUT2D eigenvalue weighted by Gasteiger charge is -2.59. The number of anilines is 1. The topological polar surface area (TPSA) is 162 Å². The summed E-state index contributed by atoms with van der Waals surface area (Å²) < 4.78 is 23.3. The van der Waals surface area contributed by atoms with Crippen LogP contribution in [-0.4, -0.2) is 99.0 Å². The van der Waals surface area contributed by atoms with Gasteiger partial charge in [-0.2, -0.15) is 0 Å². The lowest BCUT2D eigenvalue weighted by molar-refractivity contribution is -0.757. The summed E-state index contributed by atoms with van der Waals surface area (Å²) >= 11 is 0. The molecule has 14 nitrogen and oxygen atoms in total. The Hall–Kier alpha value is -4.30. The van der Waals surface area contributed by atoms with E-state index in [0.29, 0.717) is 25.4 Å². The molecule has 2 aromatic rings. The molecule has 2 N–H and O–H groups in total. The monoisotopic (exact) mass is 714 g/mol. The van der Waals surface area contributed by atoms with E-state index in [9.17, 15) is 24.8 Å². The number of hydrogen-bond donors (Lipinski definition) is 2. The van der Waals surface area contributed by atoms with Gasteiger partial charge in [0.15, 0.2) is 0 Å². The summed E-state index contributed by atoms with van der Waals surface area (Å²) in [5, 5.41) is 23.2. The van der Waals surface area contributed by atoms with E-state index >= 15 is 0 Å². The number of nitrogens with one attached hydrogen (secondary N) is 1. The summed E-state index contributed by atoms with van der Waals surface area (Å²) in [4.78, 5) is 45.5.